The van der Waals surface area contributed by atoms with Crippen molar-refractivity contribution in [1.82, 2.24) is 0 Å². The summed E-state index contributed by atoms with van der Waals surface area (Å²) in [6.07, 6.45) is 0. The molecular weight excluding hydrogens is 277 g/mol. The van der Waals surface area contributed by atoms with E-state index in [1.165, 1.54) is 0 Å². The van der Waals surface area contributed by atoms with Crippen LogP contribution >= 0.6 is 69.6 Å². The summed E-state index contributed by atoms with van der Waals surface area (Å²) in [5, 5.41) is 0. The molecule has 0 aromatic rings. The van der Waals surface area contributed by atoms with Crippen LogP contribution in [0.1, 0.15) is 0 Å². The number of halogens is 6. The van der Waals surface area contributed by atoms with Crippen molar-refractivity contribution in [3.63, 3.8) is 0 Å². The fraction of sp³-hybridized carbons (Fsp3) is 1.00. The molecule has 68 valence electrons. The van der Waals surface area contributed by atoms with Gasteiger partial charge in [0.15, 0.2) is 0 Å². The van der Waals surface area contributed by atoms with E-state index < -0.39 is 7.59 Å². The molecular formula is C4H4Cl6O. The largest absolute Gasteiger partial charge is 0.373 e. The zero-order chi connectivity index (χ0) is 9.12. The highest BCUT2D eigenvalue weighted by Gasteiger charge is 2.24. The predicted octanol–water partition coefficient (Wildman–Crippen LogP) is 3.74. The molecule has 0 N–H and O–H groups in total. The van der Waals surface area contributed by atoms with Crippen molar-refractivity contribution in [3.8, 4) is 0 Å². The Balaban J connectivity index is 3.44. The molecule has 0 aromatic heterocycles. The minimum atomic E-state index is -1.46. The second-order valence-electron chi connectivity index (χ2n) is 1.72. The van der Waals surface area contributed by atoms with Gasteiger partial charge in [0.05, 0.1) is 13.2 Å². The van der Waals surface area contributed by atoms with E-state index in [0.717, 1.165) is 0 Å². The van der Waals surface area contributed by atoms with Crippen molar-refractivity contribution in [2.24, 2.45) is 0 Å². The molecule has 0 fully saturated rings. The molecule has 0 spiro atoms. The lowest BCUT2D eigenvalue weighted by atomic mass is 10.8. The summed E-state index contributed by atoms with van der Waals surface area (Å²) in [4.78, 5) is 0. The lowest BCUT2D eigenvalue weighted by Crippen LogP contribution is -2.19. The highest BCUT2D eigenvalue weighted by Crippen LogP contribution is 2.29. The smallest absolute Gasteiger partial charge is 0.213 e. The van der Waals surface area contributed by atoms with E-state index in [1.807, 2.05) is 0 Å². The normalized spacial score (nSPS) is 13.6. The van der Waals surface area contributed by atoms with E-state index in [0.29, 0.717) is 0 Å². The minimum Gasteiger partial charge on any atom is -0.373 e. The van der Waals surface area contributed by atoms with E-state index in [9.17, 15) is 0 Å². The maximum atomic E-state index is 5.34. The monoisotopic (exact) mass is 278 g/mol. The molecule has 0 amide bonds. The maximum Gasteiger partial charge on any atom is 0.213 e. The summed E-state index contributed by atoms with van der Waals surface area (Å²) in [5.74, 6) is 0. The van der Waals surface area contributed by atoms with Gasteiger partial charge in [-0.3, -0.25) is 0 Å². The van der Waals surface area contributed by atoms with Gasteiger partial charge in [-0.25, -0.2) is 0 Å². The van der Waals surface area contributed by atoms with E-state index >= 15 is 0 Å². The number of hydrogen-bond acceptors (Lipinski definition) is 1. The third-order valence-corrected chi connectivity index (χ3v) is 1.19. The van der Waals surface area contributed by atoms with E-state index in [-0.39, 0.29) is 13.2 Å². The van der Waals surface area contributed by atoms with Crippen LogP contribution in [0.4, 0.5) is 0 Å². The summed E-state index contributed by atoms with van der Waals surface area (Å²) in [5.41, 5.74) is 0. The van der Waals surface area contributed by atoms with Crippen molar-refractivity contribution in [3.05, 3.63) is 0 Å². The number of hydrogen-bond donors (Lipinski definition) is 0. The second-order valence-corrected chi connectivity index (χ2v) is 6.76. The summed E-state index contributed by atoms with van der Waals surface area (Å²) in [6.45, 7) is -0.211. The first kappa shape index (κ1) is 12.7. The molecule has 0 radical (unpaired) electrons. The molecule has 0 unspecified atom stereocenters. The van der Waals surface area contributed by atoms with Crippen molar-refractivity contribution >= 4 is 69.6 Å². The Kier molecular flexibility index (Phi) is 5.55. The number of ether oxygens (including phenoxy) is 1. The Morgan fingerprint density at radius 1 is 0.727 bits per heavy atom. The Morgan fingerprint density at radius 2 is 1.00 bits per heavy atom. The molecule has 7 heteroatoms. The molecule has 1 nitrogen and oxygen atoms in total. The molecule has 0 aliphatic rings. The second kappa shape index (κ2) is 4.80. The van der Waals surface area contributed by atoms with Crippen molar-refractivity contribution in [1.29, 1.82) is 0 Å². The maximum absolute atomic E-state index is 5.34. The van der Waals surface area contributed by atoms with Crippen LogP contribution in [-0.4, -0.2) is 20.8 Å². The van der Waals surface area contributed by atoms with Gasteiger partial charge in [0, 0.05) is 0 Å². The van der Waals surface area contributed by atoms with Gasteiger partial charge in [0.1, 0.15) is 0 Å². The SMILES string of the molecule is ClC(Cl)(Cl)COCC(Cl)(Cl)Cl. The Morgan fingerprint density at radius 3 is 1.18 bits per heavy atom. The van der Waals surface area contributed by atoms with Gasteiger partial charge in [-0.1, -0.05) is 69.6 Å². The Hall–Kier alpha value is 1.70. The molecule has 0 heterocycles. The van der Waals surface area contributed by atoms with Crippen LogP contribution in [0.15, 0.2) is 0 Å². The molecule has 0 aliphatic heterocycles. The summed E-state index contributed by atoms with van der Waals surface area (Å²) in [6, 6.07) is 0. The van der Waals surface area contributed by atoms with E-state index in [2.05, 4.69) is 0 Å². The average Bonchev–Trinajstić information content (AvgIpc) is 1.55. The lowest BCUT2D eigenvalue weighted by Gasteiger charge is -2.14. The number of alkyl halides is 6. The molecule has 0 aliphatic carbocycles. The molecule has 0 rings (SSSR count). The Labute approximate surface area is 94.8 Å². The van der Waals surface area contributed by atoms with Crippen molar-refractivity contribution in [2.45, 2.75) is 7.59 Å². The van der Waals surface area contributed by atoms with Crippen LogP contribution in [0.3, 0.4) is 0 Å². The van der Waals surface area contributed by atoms with Crippen LogP contribution in [0, 0.1) is 0 Å². The summed E-state index contributed by atoms with van der Waals surface area (Å²) < 4.78 is 1.85. The van der Waals surface area contributed by atoms with Crippen LogP contribution in [0.5, 0.6) is 0 Å². The molecule has 0 atom stereocenters. The first-order valence-corrected chi connectivity index (χ1v) is 4.69. The lowest BCUT2D eigenvalue weighted by molar-refractivity contribution is 0.144. The standard InChI is InChI=1S/C4H4Cl6O/c5-3(6,7)1-11-2-4(8,9)10/h1-2H2. The van der Waals surface area contributed by atoms with Gasteiger partial charge in [-0.2, -0.15) is 0 Å². The number of rotatable bonds is 2. The molecule has 0 saturated heterocycles. The zero-order valence-electron chi connectivity index (χ0n) is 5.09. The molecule has 0 bridgehead atoms. The van der Waals surface area contributed by atoms with Crippen LogP contribution in [0.25, 0.3) is 0 Å². The highest BCUT2D eigenvalue weighted by atomic mass is 35.6. The Bertz CT molecular complexity index is 98.7. The summed E-state index contributed by atoms with van der Waals surface area (Å²) in [7, 11) is 0. The first-order chi connectivity index (χ1) is 4.71. The van der Waals surface area contributed by atoms with Gasteiger partial charge in [0.25, 0.3) is 0 Å². The average molecular weight is 281 g/mol. The molecule has 0 saturated carbocycles. The fourth-order valence-electron chi connectivity index (χ4n) is 0.282. The third-order valence-electron chi connectivity index (χ3n) is 0.531. The predicted molar refractivity (Wildman–Crippen MR) is 51.4 cm³/mol. The highest BCUT2D eigenvalue weighted by molar-refractivity contribution is 6.68. The van der Waals surface area contributed by atoms with Crippen LogP contribution < -0.4 is 0 Å². The van der Waals surface area contributed by atoms with Gasteiger partial charge >= 0.3 is 0 Å². The van der Waals surface area contributed by atoms with E-state index in [1.54, 1.807) is 0 Å². The van der Waals surface area contributed by atoms with Gasteiger partial charge in [-0.05, 0) is 0 Å². The molecule has 11 heavy (non-hydrogen) atoms. The van der Waals surface area contributed by atoms with E-state index in [4.69, 9.17) is 74.3 Å². The third kappa shape index (κ3) is 11.7. The van der Waals surface area contributed by atoms with Gasteiger partial charge < -0.3 is 4.74 Å². The zero-order valence-corrected chi connectivity index (χ0v) is 9.63. The van der Waals surface area contributed by atoms with Crippen LogP contribution in [-0.2, 0) is 4.74 Å². The topological polar surface area (TPSA) is 9.23 Å². The quantitative estimate of drug-likeness (QED) is 0.700. The van der Waals surface area contributed by atoms with Crippen molar-refractivity contribution < 1.29 is 4.74 Å². The first-order valence-electron chi connectivity index (χ1n) is 2.42. The van der Waals surface area contributed by atoms with Gasteiger partial charge in [0.2, 0.25) is 7.59 Å². The van der Waals surface area contributed by atoms with Crippen LogP contribution in [0.2, 0.25) is 0 Å². The molecule has 0 aromatic carbocycles. The van der Waals surface area contributed by atoms with Gasteiger partial charge in [-0.15, -0.1) is 0 Å². The summed E-state index contributed by atoms with van der Waals surface area (Å²) >= 11 is 32.0. The van der Waals surface area contributed by atoms with Crippen molar-refractivity contribution in [2.75, 3.05) is 13.2 Å². The fourth-order valence-corrected chi connectivity index (χ4v) is 0.745. The minimum absolute atomic E-state index is 0.106.